The van der Waals surface area contributed by atoms with Crippen LogP contribution in [-0.2, 0) is 0 Å². The summed E-state index contributed by atoms with van der Waals surface area (Å²) in [5.41, 5.74) is 1.63. The Labute approximate surface area is 176 Å². The average Bonchev–Trinajstić information content (AvgIpc) is 3.38. The van der Waals surface area contributed by atoms with E-state index in [9.17, 15) is 0 Å². The van der Waals surface area contributed by atoms with Gasteiger partial charge in [-0.05, 0) is 30.3 Å². The van der Waals surface area contributed by atoms with Gasteiger partial charge in [-0.3, -0.25) is 0 Å². The van der Waals surface area contributed by atoms with Crippen LogP contribution in [0.25, 0.3) is 26.9 Å². The molecule has 0 radical (unpaired) electrons. The summed E-state index contributed by atoms with van der Waals surface area (Å²) < 4.78 is 28.7. The summed E-state index contributed by atoms with van der Waals surface area (Å²) in [7, 11) is 7.90. The number of methoxy groups -OCH3 is 5. The monoisotopic (exact) mass is 428 g/mol. The number of ether oxygens (including phenoxy) is 5. The molecule has 0 bridgehead atoms. The number of benzene rings is 2. The van der Waals surface area contributed by atoms with Crippen LogP contribution in [0.3, 0.4) is 0 Å². The van der Waals surface area contributed by atoms with Gasteiger partial charge in [0.05, 0.1) is 35.5 Å². The van der Waals surface area contributed by atoms with Crippen LogP contribution in [0.2, 0.25) is 0 Å². The van der Waals surface area contributed by atoms with Crippen LogP contribution in [0.1, 0.15) is 0 Å². The topological polar surface area (TPSA) is 89.2 Å². The first-order chi connectivity index (χ1) is 14.6. The van der Waals surface area contributed by atoms with Crippen molar-refractivity contribution in [3.8, 4) is 50.7 Å². The molecule has 0 fully saturated rings. The average molecular weight is 428 g/mol. The molecular weight excluding hydrogens is 408 g/mol. The smallest absolute Gasteiger partial charge is 0.235 e. The van der Waals surface area contributed by atoms with Crippen LogP contribution >= 0.6 is 11.3 Å². The lowest BCUT2D eigenvalue weighted by molar-refractivity contribution is 0.324. The molecule has 0 N–H and O–H groups in total. The fraction of sp³-hybridized carbons (Fsp3) is 0.250. The summed E-state index contributed by atoms with van der Waals surface area (Å²) in [5, 5.41) is 14.0. The van der Waals surface area contributed by atoms with Gasteiger partial charge in [-0.25, -0.2) is 0 Å². The normalized spacial score (nSPS) is 10.8. The SMILES string of the molecule is COc1ccc(-c2nn3c(-c4cc(OC)c(OC)c(OC)c4)nnc3s2)cc1OC. The second-order valence-corrected chi connectivity index (χ2v) is 7.06. The molecule has 4 rings (SSSR count). The molecule has 9 nitrogen and oxygen atoms in total. The first-order valence-corrected chi connectivity index (χ1v) is 9.70. The molecule has 156 valence electrons. The maximum atomic E-state index is 5.45. The van der Waals surface area contributed by atoms with Crippen LogP contribution in [0, 0.1) is 0 Å². The van der Waals surface area contributed by atoms with Crippen molar-refractivity contribution in [2.24, 2.45) is 0 Å². The van der Waals surface area contributed by atoms with E-state index in [1.807, 2.05) is 30.3 Å². The molecule has 4 aromatic rings. The predicted octanol–water partition coefficient (Wildman–Crippen LogP) is 3.56. The highest BCUT2D eigenvalue weighted by Gasteiger charge is 2.20. The first kappa shape index (κ1) is 19.8. The molecule has 2 aromatic carbocycles. The molecule has 0 amide bonds. The van der Waals surface area contributed by atoms with Gasteiger partial charge in [0.2, 0.25) is 10.7 Å². The zero-order valence-corrected chi connectivity index (χ0v) is 17.9. The lowest BCUT2D eigenvalue weighted by Gasteiger charge is -2.13. The maximum absolute atomic E-state index is 5.45. The Morgan fingerprint density at radius 2 is 1.33 bits per heavy atom. The van der Waals surface area contributed by atoms with Crippen LogP contribution in [0.15, 0.2) is 30.3 Å². The highest BCUT2D eigenvalue weighted by Crippen LogP contribution is 2.41. The van der Waals surface area contributed by atoms with Crippen molar-refractivity contribution in [3.05, 3.63) is 30.3 Å². The third-order valence-electron chi connectivity index (χ3n) is 4.54. The number of aromatic nitrogens is 4. The van der Waals surface area contributed by atoms with Gasteiger partial charge in [0.15, 0.2) is 28.8 Å². The first-order valence-electron chi connectivity index (χ1n) is 8.88. The Morgan fingerprint density at radius 3 is 1.93 bits per heavy atom. The number of fused-ring (bicyclic) bond motifs is 1. The summed E-state index contributed by atoms with van der Waals surface area (Å²) in [6.45, 7) is 0. The van der Waals surface area contributed by atoms with Crippen LogP contribution in [0.4, 0.5) is 0 Å². The molecule has 10 heteroatoms. The van der Waals surface area contributed by atoms with Crippen molar-refractivity contribution in [1.29, 1.82) is 0 Å². The highest BCUT2D eigenvalue weighted by molar-refractivity contribution is 7.19. The van der Waals surface area contributed by atoms with Gasteiger partial charge in [0, 0.05) is 11.1 Å². The summed E-state index contributed by atoms with van der Waals surface area (Å²) in [5.74, 6) is 3.41. The van der Waals surface area contributed by atoms with Crippen LogP contribution in [0.5, 0.6) is 28.7 Å². The van der Waals surface area contributed by atoms with Gasteiger partial charge >= 0.3 is 0 Å². The van der Waals surface area contributed by atoms with E-state index in [0.717, 1.165) is 16.1 Å². The standard InChI is InChI=1S/C20H20N4O5S/c1-25-13-7-6-11(8-14(13)26-2)19-23-24-18(21-22-20(24)30-19)12-9-15(27-3)17(29-5)16(10-12)28-4/h6-10H,1-5H3. The van der Waals surface area contributed by atoms with E-state index in [2.05, 4.69) is 10.2 Å². The van der Waals surface area contributed by atoms with E-state index in [1.165, 1.54) is 11.3 Å². The molecule has 0 unspecified atom stereocenters. The fourth-order valence-corrected chi connectivity index (χ4v) is 3.93. The molecule has 0 spiro atoms. The molecule has 2 aromatic heterocycles. The Hall–Kier alpha value is -3.53. The van der Waals surface area contributed by atoms with E-state index in [-0.39, 0.29) is 0 Å². The molecule has 0 aliphatic carbocycles. The zero-order chi connectivity index (χ0) is 21.3. The van der Waals surface area contributed by atoms with Gasteiger partial charge in [0.25, 0.3) is 0 Å². The zero-order valence-electron chi connectivity index (χ0n) is 17.1. The summed E-state index contributed by atoms with van der Waals surface area (Å²) >= 11 is 1.42. The molecule has 0 saturated heterocycles. The lowest BCUT2D eigenvalue weighted by atomic mass is 10.1. The summed E-state index contributed by atoms with van der Waals surface area (Å²) in [4.78, 5) is 0.656. The van der Waals surface area contributed by atoms with Crippen molar-refractivity contribution in [2.75, 3.05) is 35.5 Å². The number of rotatable bonds is 7. The van der Waals surface area contributed by atoms with Gasteiger partial charge in [0.1, 0.15) is 5.01 Å². The third-order valence-corrected chi connectivity index (χ3v) is 5.49. The fourth-order valence-electron chi connectivity index (χ4n) is 3.09. The minimum absolute atomic E-state index is 0.508. The predicted molar refractivity (Wildman–Crippen MR) is 112 cm³/mol. The Morgan fingerprint density at radius 1 is 0.700 bits per heavy atom. The van der Waals surface area contributed by atoms with Gasteiger partial charge in [-0.2, -0.15) is 9.61 Å². The van der Waals surface area contributed by atoms with Crippen molar-refractivity contribution in [1.82, 2.24) is 19.8 Å². The minimum Gasteiger partial charge on any atom is -0.493 e. The lowest BCUT2D eigenvalue weighted by Crippen LogP contribution is -1.97. The maximum Gasteiger partial charge on any atom is 0.235 e. The number of hydrogen-bond donors (Lipinski definition) is 0. The van der Waals surface area contributed by atoms with Crippen molar-refractivity contribution >= 4 is 16.3 Å². The number of nitrogens with zero attached hydrogens (tertiary/aromatic N) is 4. The van der Waals surface area contributed by atoms with E-state index >= 15 is 0 Å². The summed E-state index contributed by atoms with van der Waals surface area (Å²) in [6.07, 6.45) is 0. The largest absolute Gasteiger partial charge is 0.493 e. The van der Waals surface area contributed by atoms with E-state index in [0.29, 0.717) is 39.5 Å². The van der Waals surface area contributed by atoms with Crippen LogP contribution in [-0.4, -0.2) is 55.4 Å². The minimum atomic E-state index is 0.508. The molecule has 30 heavy (non-hydrogen) atoms. The Balaban J connectivity index is 1.81. The van der Waals surface area contributed by atoms with Crippen molar-refractivity contribution in [3.63, 3.8) is 0 Å². The van der Waals surface area contributed by atoms with Gasteiger partial charge < -0.3 is 23.7 Å². The van der Waals surface area contributed by atoms with Crippen molar-refractivity contribution < 1.29 is 23.7 Å². The van der Waals surface area contributed by atoms with Crippen molar-refractivity contribution in [2.45, 2.75) is 0 Å². The van der Waals surface area contributed by atoms with Gasteiger partial charge in [-0.1, -0.05) is 11.3 Å². The molecule has 0 atom stereocenters. The molecule has 2 heterocycles. The molecule has 0 aliphatic heterocycles. The van der Waals surface area contributed by atoms with E-state index < -0.39 is 0 Å². The Bertz CT molecular complexity index is 1180. The quantitative estimate of drug-likeness (QED) is 0.441. The second-order valence-electron chi connectivity index (χ2n) is 6.11. The highest BCUT2D eigenvalue weighted by atomic mass is 32.1. The second kappa shape index (κ2) is 8.07. The van der Waals surface area contributed by atoms with Gasteiger partial charge in [-0.15, -0.1) is 10.2 Å². The Kier molecular flexibility index (Phi) is 5.32. The van der Waals surface area contributed by atoms with E-state index in [1.54, 1.807) is 40.1 Å². The molecule has 0 saturated carbocycles. The molecule has 0 aliphatic rings. The van der Waals surface area contributed by atoms with E-state index in [4.69, 9.17) is 28.8 Å². The third kappa shape index (κ3) is 3.24. The van der Waals surface area contributed by atoms with Crippen LogP contribution < -0.4 is 23.7 Å². The molecular formula is C20H20N4O5S. The summed E-state index contributed by atoms with van der Waals surface area (Å²) in [6, 6.07) is 9.27. The number of hydrogen-bond acceptors (Lipinski definition) is 9.